The van der Waals surface area contributed by atoms with Crippen molar-refractivity contribution in [3.63, 3.8) is 0 Å². The van der Waals surface area contributed by atoms with Gasteiger partial charge in [-0.25, -0.2) is 0 Å². The largest absolute Gasteiger partial charge is 0.368 e. The van der Waals surface area contributed by atoms with Crippen LogP contribution >= 0.6 is 0 Å². The molecular formula is C12H23NO2. The van der Waals surface area contributed by atoms with Gasteiger partial charge in [0.2, 0.25) is 5.91 Å². The quantitative estimate of drug-likeness (QED) is 0.702. The highest BCUT2D eigenvalue weighted by molar-refractivity contribution is 5.80. The molecular weight excluding hydrogens is 190 g/mol. The molecule has 3 atom stereocenters. The lowest BCUT2D eigenvalue weighted by Gasteiger charge is -2.16. The van der Waals surface area contributed by atoms with Crippen LogP contribution in [0.15, 0.2) is 0 Å². The van der Waals surface area contributed by atoms with Crippen molar-refractivity contribution in [2.45, 2.75) is 46.1 Å². The fraction of sp³-hybridized carbons (Fsp3) is 0.917. The maximum Gasteiger partial charge on any atom is 0.249 e. The normalized spacial score (nSPS) is 26.1. The number of likely N-dealkylation sites (N-methyl/N-ethyl adjacent to an activating group) is 1. The molecule has 0 bridgehead atoms. The first kappa shape index (κ1) is 12.5. The number of hydrogen-bond donors (Lipinski definition) is 1. The Bertz CT molecular complexity index is 206. The van der Waals surface area contributed by atoms with E-state index in [9.17, 15) is 4.79 Å². The number of ether oxygens (including phenoxy) is 1. The van der Waals surface area contributed by atoms with Crippen LogP contribution in [0.4, 0.5) is 0 Å². The Morgan fingerprint density at radius 1 is 1.53 bits per heavy atom. The standard InChI is InChI=1S/C12H23NO2/c1-4-6-15-11(12(14)13-5-2)8-10-7-9(10)3/h9-11H,4-8H2,1-3H3,(H,13,14). The molecule has 15 heavy (non-hydrogen) atoms. The van der Waals surface area contributed by atoms with Gasteiger partial charge in [-0.15, -0.1) is 0 Å². The van der Waals surface area contributed by atoms with E-state index in [1.807, 2.05) is 6.92 Å². The molecule has 0 spiro atoms. The molecule has 1 N–H and O–H groups in total. The van der Waals surface area contributed by atoms with Crippen LogP contribution in [0.25, 0.3) is 0 Å². The van der Waals surface area contributed by atoms with Crippen molar-refractivity contribution >= 4 is 5.91 Å². The fourth-order valence-electron chi connectivity index (χ4n) is 1.80. The van der Waals surface area contributed by atoms with Crippen molar-refractivity contribution in [2.75, 3.05) is 13.2 Å². The molecule has 0 aromatic rings. The van der Waals surface area contributed by atoms with Crippen molar-refractivity contribution in [3.8, 4) is 0 Å². The summed E-state index contributed by atoms with van der Waals surface area (Å²) in [5, 5.41) is 2.84. The van der Waals surface area contributed by atoms with E-state index in [4.69, 9.17) is 4.74 Å². The van der Waals surface area contributed by atoms with Crippen molar-refractivity contribution in [1.29, 1.82) is 0 Å². The number of carbonyl (C=O) groups is 1. The van der Waals surface area contributed by atoms with Gasteiger partial charge >= 0.3 is 0 Å². The van der Waals surface area contributed by atoms with Crippen LogP contribution in [0.5, 0.6) is 0 Å². The van der Waals surface area contributed by atoms with Gasteiger partial charge in [0, 0.05) is 13.2 Å². The molecule has 0 radical (unpaired) electrons. The van der Waals surface area contributed by atoms with Gasteiger partial charge < -0.3 is 10.1 Å². The molecule has 0 saturated heterocycles. The Morgan fingerprint density at radius 3 is 2.67 bits per heavy atom. The van der Waals surface area contributed by atoms with Crippen LogP contribution in [0.2, 0.25) is 0 Å². The second kappa shape index (κ2) is 6.11. The minimum absolute atomic E-state index is 0.0602. The van der Waals surface area contributed by atoms with Gasteiger partial charge in [0.15, 0.2) is 0 Å². The summed E-state index contributed by atoms with van der Waals surface area (Å²) in [4.78, 5) is 11.7. The SMILES string of the molecule is CCCOC(CC1CC1C)C(=O)NCC. The van der Waals surface area contributed by atoms with Crippen LogP contribution in [0.3, 0.4) is 0 Å². The molecule has 1 amide bonds. The predicted molar refractivity (Wildman–Crippen MR) is 60.6 cm³/mol. The first-order valence-electron chi connectivity index (χ1n) is 6.08. The molecule has 0 aromatic heterocycles. The molecule has 1 rings (SSSR count). The first-order chi connectivity index (χ1) is 7.19. The summed E-state index contributed by atoms with van der Waals surface area (Å²) in [6.07, 6.45) is 2.90. The molecule has 1 fully saturated rings. The van der Waals surface area contributed by atoms with Crippen LogP contribution < -0.4 is 5.32 Å². The second-order valence-electron chi connectivity index (χ2n) is 4.46. The van der Waals surface area contributed by atoms with Gasteiger partial charge in [0.05, 0.1) is 0 Å². The van der Waals surface area contributed by atoms with Crippen molar-refractivity contribution in [2.24, 2.45) is 11.8 Å². The Morgan fingerprint density at radius 2 is 2.20 bits per heavy atom. The Balaban J connectivity index is 2.33. The average Bonchev–Trinajstić information content (AvgIpc) is 2.89. The third-order valence-electron chi connectivity index (χ3n) is 2.96. The molecule has 1 saturated carbocycles. The van der Waals surface area contributed by atoms with Gasteiger partial charge in [-0.05, 0) is 38.0 Å². The maximum atomic E-state index is 11.7. The maximum absolute atomic E-state index is 11.7. The highest BCUT2D eigenvalue weighted by Gasteiger charge is 2.36. The molecule has 1 aliphatic carbocycles. The first-order valence-corrected chi connectivity index (χ1v) is 6.08. The third kappa shape index (κ3) is 4.20. The van der Waals surface area contributed by atoms with E-state index in [1.54, 1.807) is 0 Å². The number of nitrogens with one attached hydrogen (secondary N) is 1. The van der Waals surface area contributed by atoms with Crippen molar-refractivity contribution in [1.82, 2.24) is 5.32 Å². The van der Waals surface area contributed by atoms with Crippen LogP contribution in [-0.2, 0) is 9.53 Å². The number of hydrogen-bond acceptors (Lipinski definition) is 2. The monoisotopic (exact) mass is 213 g/mol. The topological polar surface area (TPSA) is 38.3 Å². The van der Waals surface area contributed by atoms with Crippen molar-refractivity contribution in [3.05, 3.63) is 0 Å². The van der Waals surface area contributed by atoms with Gasteiger partial charge in [-0.3, -0.25) is 4.79 Å². The minimum Gasteiger partial charge on any atom is -0.368 e. The van der Waals surface area contributed by atoms with Crippen LogP contribution in [0, 0.1) is 11.8 Å². The predicted octanol–water partition coefficient (Wildman–Crippen LogP) is 1.96. The summed E-state index contributed by atoms with van der Waals surface area (Å²) in [6.45, 7) is 7.61. The molecule has 3 heteroatoms. The van der Waals surface area contributed by atoms with E-state index in [-0.39, 0.29) is 12.0 Å². The summed E-state index contributed by atoms with van der Waals surface area (Å²) in [5.74, 6) is 1.55. The zero-order chi connectivity index (χ0) is 11.3. The van der Waals surface area contributed by atoms with Gasteiger partial charge in [-0.1, -0.05) is 13.8 Å². The Hall–Kier alpha value is -0.570. The lowest BCUT2D eigenvalue weighted by Crippen LogP contribution is -2.37. The van der Waals surface area contributed by atoms with E-state index >= 15 is 0 Å². The summed E-state index contributed by atoms with van der Waals surface area (Å²) >= 11 is 0. The molecule has 0 heterocycles. The molecule has 0 aliphatic heterocycles. The smallest absolute Gasteiger partial charge is 0.249 e. The lowest BCUT2D eigenvalue weighted by molar-refractivity contribution is -0.133. The number of carbonyl (C=O) groups excluding carboxylic acids is 1. The highest BCUT2D eigenvalue weighted by Crippen LogP contribution is 2.41. The summed E-state index contributed by atoms with van der Waals surface area (Å²) in [7, 11) is 0. The molecule has 3 nitrogen and oxygen atoms in total. The van der Waals surface area contributed by atoms with E-state index in [1.165, 1.54) is 6.42 Å². The summed E-state index contributed by atoms with van der Waals surface area (Å²) < 4.78 is 5.59. The second-order valence-corrected chi connectivity index (χ2v) is 4.46. The van der Waals surface area contributed by atoms with E-state index < -0.39 is 0 Å². The van der Waals surface area contributed by atoms with Gasteiger partial charge in [0.25, 0.3) is 0 Å². The van der Waals surface area contributed by atoms with Crippen molar-refractivity contribution < 1.29 is 9.53 Å². The van der Waals surface area contributed by atoms with Gasteiger partial charge in [0.1, 0.15) is 6.10 Å². The highest BCUT2D eigenvalue weighted by atomic mass is 16.5. The third-order valence-corrected chi connectivity index (χ3v) is 2.96. The molecule has 88 valence electrons. The molecule has 0 aromatic carbocycles. The van der Waals surface area contributed by atoms with Crippen LogP contribution in [-0.4, -0.2) is 25.2 Å². The zero-order valence-electron chi connectivity index (χ0n) is 10.1. The summed E-state index contributed by atoms with van der Waals surface area (Å²) in [5.41, 5.74) is 0. The minimum atomic E-state index is -0.222. The lowest BCUT2D eigenvalue weighted by atomic mass is 10.1. The Labute approximate surface area is 92.6 Å². The zero-order valence-corrected chi connectivity index (χ0v) is 10.1. The molecule has 3 unspecified atom stereocenters. The van der Waals surface area contributed by atoms with Crippen LogP contribution in [0.1, 0.15) is 40.0 Å². The van der Waals surface area contributed by atoms with E-state index in [0.29, 0.717) is 19.1 Å². The Kier molecular flexibility index (Phi) is 5.09. The summed E-state index contributed by atoms with van der Waals surface area (Å²) in [6, 6.07) is 0. The van der Waals surface area contributed by atoms with Gasteiger partial charge in [-0.2, -0.15) is 0 Å². The average molecular weight is 213 g/mol. The van der Waals surface area contributed by atoms with E-state index in [2.05, 4.69) is 19.2 Å². The fourth-order valence-corrected chi connectivity index (χ4v) is 1.80. The number of amides is 1. The number of rotatable bonds is 7. The van der Waals surface area contributed by atoms with E-state index in [0.717, 1.165) is 18.8 Å². The molecule has 1 aliphatic rings.